The Balaban J connectivity index is 0.0000245. The summed E-state index contributed by atoms with van der Waals surface area (Å²) in [5.41, 5.74) is 7.03. The van der Waals surface area contributed by atoms with Crippen LogP contribution in [0.3, 0.4) is 0 Å². The zero-order chi connectivity index (χ0) is 49.2. The maximum atomic E-state index is 5.45. The Labute approximate surface area is 447 Å². The van der Waals surface area contributed by atoms with Crippen LogP contribution in [0.15, 0.2) is 70.7 Å². The maximum Gasteiger partial charge on any atom is 0.0639 e. The molecule has 0 aliphatic carbocycles. The summed E-state index contributed by atoms with van der Waals surface area (Å²) in [4.78, 5) is 10.9. The molecule has 0 unspecified atom stereocenters. The third-order valence-corrected chi connectivity index (χ3v) is 14.5. The predicted molar refractivity (Wildman–Crippen MR) is 316 cm³/mol. The summed E-state index contributed by atoms with van der Waals surface area (Å²) in [6.07, 6.45) is 70.5. The Bertz CT molecular complexity index is 1530. The molecule has 0 N–H and O–H groups in total. The van der Waals surface area contributed by atoms with Crippen molar-refractivity contribution in [2.45, 2.75) is 317 Å². The van der Waals surface area contributed by atoms with Crippen LogP contribution >= 0.6 is 0 Å². The summed E-state index contributed by atoms with van der Waals surface area (Å²) < 4.78 is 0. The van der Waals surface area contributed by atoms with E-state index in [1.165, 1.54) is 279 Å². The minimum absolute atomic E-state index is 0. The first-order valence-corrected chi connectivity index (χ1v) is 30.9. The first kappa shape index (κ1) is 65.8. The summed E-state index contributed by atoms with van der Waals surface area (Å²) in [7, 11) is 0. The van der Waals surface area contributed by atoms with Crippen LogP contribution < -0.4 is 0 Å². The van der Waals surface area contributed by atoms with Crippen molar-refractivity contribution in [1.82, 2.24) is 0 Å². The van der Waals surface area contributed by atoms with Crippen molar-refractivity contribution < 1.29 is 16.5 Å². The van der Waals surface area contributed by atoms with Gasteiger partial charge in [-0.05, 0) is 86.8 Å². The van der Waals surface area contributed by atoms with Gasteiger partial charge in [-0.3, -0.25) is 9.98 Å². The van der Waals surface area contributed by atoms with Gasteiger partial charge in [0.2, 0.25) is 0 Å². The standard InChI is InChI=1S/C67H114N2.Ni/c1-5-9-13-16-19-21-23-25-27-29-31-33-35-37-39-41-43-47-52-62-54-50-56-64(60-62)68-66(58-46-12-8-4)67(59-49-45-18-15-11-7-3)69-65-57-51-55-63(61-65)53-48-44-42-40-38-36-34-32-30-28-26-24-22-20-17-14-10-6-2;/h47-48,50-57,60-61H,5-46,49,58-59H2,1-4H3;. The van der Waals surface area contributed by atoms with Gasteiger partial charge in [0, 0.05) is 16.5 Å². The molecule has 0 saturated heterocycles. The first-order chi connectivity index (χ1) is 34.2. The summed E-state index contributed by atoms with van der Waals surface area (Å²) in [5, 5.41) is 0. The topological polar surface area (TPSA) is 24.7 Å². The van der Waals surface area contributed by atoms with Crippen LogP contribution in [0.25, 0.3) is 12.2 Å². The summed E-state index contributed by atoms with van der Waals surface area (Å²) in [6.45, 7) is 9.22. The Hall–Kier alpha value is -2.25. The molecule has 0 spiro atoms. The van der Waals surface area contributed by atoms with Crippen molar-refractivity contribution in [2.75, 3.05) is 0 Å². The average Bonchev–Trinajstić information content (AvgIpc) is 3.36. The second-order valence-corrected chi connectivity index (χ2v) is 21.3. The maximum absolute atomic E-state index is 5.45. The van der Waals surface area contributed by atoms with E-state index in [4.69, 9.17) is 9.98 Å². The van der Waals surface area contributed by atoms with Gasteiger partial charge in [0.15, 0.2) is 0 Å². The summed E-state index contributed by atoms with van der Waals surface area (Å²) in [6, 6.07) is 17.8. The number of allylic oxidation sites excluding steroid dienone is 2. The van der Waals surface area contributed by atoms with Crippen LogP contribution in [-0.2, 0) is 16.5 Å². The van der Waals surface area contributed by atoms with Crippen LogP contribution in [0.5, 0.6) is 0 Å². The van der Waals surface area contributed by atoms with E-state index in [0.29, 0.717) is 0 Å². The number of unbranched alkanes of at least 4 members (excludes halogenated alkanes) is 39. The molecule has 3 heteroatoms. The van der Waals surface area contributed by atoms with E-state index in [-0.39, 0.29) is 16.5 Å². The summed E-state index contributed by atoms with van der Waals surface area (Å²) >= 11 is 0. The van der Waals surface area contributed by atoms with Gasteiger partial charge >= 0.3 is 0 Å². The molecule has 0 aliphatic heterocycles. The van der Waals surface area contributed by atoms with Crippen LogP contribution in [-0.4, -0.2) is 11.4 Å². The van der Waals surface area contributed by atoms with Gasteiger partial charge < -0.3 is 0 Å². The first-order valence-electron chi connectivity index (χ1n) is 30.9. The minimum Gasteiger partial charge on any atom is -0.252 e. The summed E-state index contributed by atoms with van der Waals surface area (Å²) in [5.74, 6) is 0. The van der Waals surface area contributed by atoms with Crippen molar-refractivity contribution in [3.8, 4) is 0 Å². The fourth-order valence-corrected chi connectivity index (χ4v) is 9.91. The molecule has 2 aromatic carbocycles. The quantitative estimate of drug-likeness (QED) is 0.0358. The molecule has 0 fully saturated rings. The smallest absolute Gasteiger partial charge is 0.0639 e. The molecule has 2 nitrogen and oxygen atoms in total. The molecule has 2 rings (SSSR count). The molecular formula is C67H114N2Ni. The van der Waals surface area contributed by atoms with Crippen LogP contribution in [0, 0.1) is 0 Å². The largest absolute Gasteiger partial charge is 0.252 e. The molecule has 70 heavy (non-hydrogen) atoms. The zero-order valence-electron chi connectivity index (χ0n) is 47.0. The van der Waals surface area contributed by atoms with Crippen molar-refractivity contribution in [3.63, 3.8) is 0 Å². The van der Waals surface area contributed by atoms with E-state index in [0.717, 1.165) is 43.5 Å². The number of rotatable bonds is 50. The average molecular weight is 1010 g/mol. The number of nitrogens with zero attached hydrogens (tertiary/aromatic N) is 2. The van der Waals surface area contributed by atoms with E-state index in [9.17, 15) is 0 Å². The predicted octanol–water partition coefficient (Wildman–Crippen LogP) is 24.2. The van der Waals surface area contributed by atoms with Gasteiger partial charge in [0.25, 0.3) is 0 Å². The van der Waals surface area contributed by atoms with Gasteiger partial charge in [-0.1, -0.05) is 314 Å². The Morgan fingerprint density at radius 3 is 0.857 bits per heavy atom. The SMILES string of the molecule is CCCCCCCCCCCCCCCCCCC=Cc1cccc(N=C(CCCCC)C(CCCCCCCC)=Nc2cccc(C=CCCCCCCCCCCCCCCCCCC)c2)c1.[Ni]. The fourth-order valence-electron chi connectivity index (χ4n) is 9.91. The van der Waals surface area contributed by atoms with Crippen molar-refractivity contribution in [2.24, 2.45) is 9.98 Å². The van der Waals surface area contributed by atoms with Crippen LogP contribution in [0.4, 0.5) is 11.4 Å². The molecule has 0 bridgehead atoms. The molecule has 0 heterocycles. The number of benzene rings is 2. The third kappa shape index (κ3) is 40.3. The van der Waals surface area contributed by atoms with Crippen LogP contribution in [0.1, 0.15) is 328 Å². The second kappa shape index (κ2) is 51.6. The molecule has 0 saturated carbocycles. The van der Waals surface area contributed by atoms with Crippen molar-refractivity contribution >= 4 is 35.0 Å². The fraction of sp³-hybridized carbons (Fsp3) is 0.731. The Morgan fingerprint density at radius 1 is 0.314 bits per heavy atom. The van der Waals surface area contributed by atoms with Gasteiger partial charge in [0.05, 0.1) is 22.8 Å². The number of hydrogen-bond donors (Lipinski definition) is 0. The molecular weight excluding hydrogens is 891 g/mol. The monoisotopic (exact) mass is 1000 g/mol. The zero-order valence-corrected chi connectivity index (χ0v) is 47.9. The van der Waals surface area contributed by atoms with E-state index in [1.54, 1.807) is 0 Å². The Morgan fingerprint density at radius 2 is 0.557 bits per heavy atom. The minimum atomic E-state index is 0. The number of hydrogen-bond acceptors (Lipinski definition) is 2. The Kier molecular flexibility index (Phi) is 48.5. The van der Waals surface area contributed by atoms with Gasteiger partial charge in [0.1, 0.15) is 0 Å². The molecule has 402 valence electrons. The molecule has 2 aromatic rings. The van der Waals surface area contributed by atoms with E-state index in [2.05, 4.69) is 101 Å². The van der Waals surface area contributed by atoms with Crippen LogP contribution in [0.2, 0.25) is 0 Å². The molecule has 0 aromatic heterocycles. The number of aliphatic imine (C=N–C) groups is 2. The van der Waals surface area contributed by atoms with Gasteiger partial charge in [-0.25, -0.2) is 0 Å². The normalized spacial score (nSPS) is 12.2. The van der Waals surface area contributed by atoms with Crippen molar-refractivity contribution in [1.29, 1.82) is 0 Å². The molecule has 0 aliphatic rings. The second-order valence-electron chi connectivity index (χ2n) is 21.3. The van der Waals surface area contributed by atoms with E-state index >= 15 is 0 Å². The van der Waals surface area contributed by atoms with E-state index in [1.807, 2.05) is 0 Å². The van der Waals surface area contributed by atoms with Crippen molar-refractivity contribution in [3.05, 3.63) is 71.8 Å². The van der Waals surface area contributed by atoms with Gasteiger partial charge in [-0.2, -0.15) is 0 Å². The van der Waals surface area contributed by atoms with Gasteiger partial charge in [-0.15, -0.1) is 0 Å². The molecule has 0 amide bonds. The van der Waals surface area contributed by atoms with E-state index < -0.39 is 0 Å². The molecule has 0 radical (unpaired) electrons. The molecule has 0 atom stereocenters. The third-order valence-electron chi connectivity index (χ3n) is 14.5.